The Kier molecular flexibility index (Phi) is 7.57. The van der Waals surface area contributed by atoms with Gasteiger partial charge in [-0.05, 0) is 11.1 Å². The molecule has 28 heavy (non-hydrogen) atoms. The SMILES string of the molecule is CC1C=C(CC2=CC(C)C(O)(S(=O)(=O)[O-])C=C2O)C(O)=CC1(O)S(=O)(=O)[O-].[Ba+2]. The minimum absolute atomic E-state index is 0. The zero-order chi connectivity index (χ0) is 21.0. The van der Waals surface area contributed by atoms with Crippen LogP contribution in [0, 0.1) is 11.8 Å². The molecule has 0 spiro atoms. The molecule has 0 radical (unpaired) electrons. The van der Waals surface area contributed by atoms with Crippen molar-refractivity contribution in [3.8, 4) is 0 Å². The van der Waals surface area contributed by atoms with E-state index in [0.29, 0.717) is 12.2 Å². The Morgan fingerprint density at radius 3 is 1.39 bits per heavy atom. The maximum atomic E-state index is 11.3. The van der Waals surface area contributed by atoms with Gasteiger partial charge in [-0.2, -0.15) is 0 Å². The monoisotopic (exact) mass is 560 g/mol. The summed E-state index contributed by atoms with van der Waals surface area (Å²) in [5, 5.41) is 40.1. The molecule has 0 saturated heterocycles. The zero-order valence-electron chi connectivity index (χ0n) is 14.9. The van der Waals surface area contributed by atoms with E-state index >= 15 is 0 Å². The first kappa shape index (κ1) is 25.9. The first-order valence-electron chi connectivity index (χ1n) is 7.64. The van der Waals surface area contributed by atoms with Crippen LogP contribution in [-0.4, -0.2) is 105 Å². The molecule has 0 aromatic heterocycles. The van der Waals surface area contributed by atoms with Crippen LogP contribution in [0.5, 0.6) is 0 Å². The molecule has 0 aromatic rings. The van der Waals surface area contributed by atoms with Gasteiger partial charge in [0.15, 0.2) is 9.87 Å². The molecule has 13 heteroatoms. The number of aliphatic hydroxyl groups excluding tert-OH is 2. The second-order valence-corrected chi connectivity index (χ2v) is 9.73. The summed E-state index contributed by atoms with van der Waals surface area (Å²) in [6, 6.07) is 0. The Labute approximate surface area is 202 Å². The molecule has 4 unspecified atom stereocenters. The van der Waals surface area contributed by atoms with E-state index in [1.165, 1.54) is 13.8 Å². The molecule has 2 rings (SSSR count). The van der Waals surface area contributed by atoms with E-state index in [9.17, 15) is 46.4 Å². The number of aliphatic hydroxyl groups is 4. The quantitative estimate of drug-likeness (QED) is 0.257. The van der Waals surface area contributed by atoms with Crippen molar-refractivity contribution in [3.63, 3.8) is 0 Å². The third-order valence-electron chi connectivity index (χ3n) is 4.73. The van der Waals surface area contributed by atoms with E-state index < -0.39 is 53.5 Å². The second kappa shape index (κ2) is 8.19. The molecule has 0 bridgehead atoms. The summed E-state index contributed by atoms with van der Waals surface area (Å²) in [6.45, 7) is 2.46. The zero-order valence-corrected chi connectivity index (χ0v) is 21.0. The fraction of sp³-hybridized carbons (Fsp3) is 0.467. The predicted molar refractivity (Wildman–Crippen MR) is 95.6 cm³/mol. The van der Waals surface area contributed by atoms with Crippen molar-refractivity contribution in [2.24, 2.45) is 11.8 Å². The summed E-state index contributed by atoms with van der Waals surface area (Å²) in [6.07, 6.45) is 2.97. The van der Waals surface area contributed by atoms with Gasteiger partial charge in [0.05, 0.1) is 0 Å². The second-order valence-electron chi connectivity index (χ2n) is 6.61. The molecule has 0 aromatic carbocycles. The van der Waals surface area contributed by atoms with Gasteiger partial charge >= 0.3 is 48.9 Å². The summed E-state index contributed by atoms with van der Waals surface area (Å²) in [4.78, 5) is -5.69. The predicted octanol–water partition coefficient (Wildman–Crippen LogP) is -0.501. The van der Waals surface area contributed by atoms with Crippen LogP contribution in [0.2, 0.25) is 0 Å². The van der Waals surface area contributed by atoms with Gasteiger partial charge in [-0.3, -0.25) is 0 Å². The average Bonchev–Trinajstić information content (AvgIpc) is 2.47. The maximum absolute atomic E-state index is 11.3. The largest absolute Gasteiger partial charge is 2.00 e. The van der Waals surface area contributed by atoms with Crippen LogP contribution >= 0.6 is 0 Å². The fourth-order valence-electron chi connectivity index (χ4n) is 2.96. The van der Waals surface area contributed by atoms with E-state index in [2.05, 4.69) is 0 Å². The van der Waals surface area contributed by atoms with Gasteiger partial charge in [-0.15, -0.1) is 0 Å². The number of rotatable bonds is 4. The molecule has 0 amide bonds. The first-order valence-corrected chi connectivity index (χ1v) is 10.5. The van der Waals surface area contributed by atoms with Crippen molar-refractivity contribution in [2.75, 3.05) is 0 Å². The van der Waals surface area contributed by atoms with Crippen LogP contribution in [0.4, 0.5) is 0 Å². The average molecular weight is 560 g/mol. The third-order valence-corrected chi connectivity index (χ3v) is 7.32. The van der Waals surface area contributed by atoms with E-state index in [0.717, 1.165) is 12.2 Å². The van der Waals surface area contributed by atoms with Gasteiger partial charge in [0.1, 0.15) is 31.8 Å². The number of hydrogen-bond acceptors (Lipinski definition) is 10. The van der Waals surface area contributed by atoms with Crippen molar-refractivity contribution in [1.29, 1.82) is 0 Å². The molecule has 4 N–H and O–H groups in total. The van der Waals surface area contributed by atoms with E-state index in [-0.39, 0.29) is 66.4 Å². The van der Waals surface area contributed by atoms with Crippen LogP contribution in [0.3, 0.4) is 0 Å². The topological polar surface area (TPSA) is 195 Å². The molecule has 10 nitrogen and oxygen atoms in total. The van der Waals surface area contributed by atoms with E-state index in [1.807, 2.05) is 0 Å². The van der Waals surface area contributed by atoms with Crippen LogP contribution < -0.4 is 0 Å². The molecule has 0 aliphatic heterocycles. The minimum atomic E-state index is -5.20. The molecule has 2 aliphatic rings. The maximum Gasteiger partial charge on any atom is 2.00 e. The van der Waals surface area contributed by atoms with Crippen molar-refractivity contribution in [2.45, 2.75) is 30.1 Å². The molecule has 0 saturated carbocycles. The Bertz CT molecular complexity index is 912. The van der Waals surface area contributed by atoms with Gasteiger partial charge in [-0.1, -0.05) is 26.0 Å². The van der Waals surface area contributed by atoms with Gasteiger partial charge in [0, 0.05) is 30.4 Å². The fourth-order valence-corrected chi connectivity index (χ4v) is 4.52. The number of allylic oxidation sites excluding steroid dienone is 2. The summed E-state index contributed by atoms with van der Waals surface area (Å²) in [5.41, 5.74) is 0.0919. The van der Waals surface area contributed by atoms with Crippen LogP contribution in [0.25, 0.3) is 0 Å². The van der Waals surface area contributed by atoms with Crippen LogP contribution in [-0.2, 0) is 20.2 Å². The summed E-state index contributed by atoms with van der Waals surface area (Å²) in [7, 11) is -10.4. The normalized spacial score (nSPS) is 33.8. The molecular weight excluding hydrogens is 542 g/mol. The molecular formula is C15H18BaO10S2. The van der Waals surface area contributed by atoms with Crippen LogP contribution in [0.1, 0.15) is 20.3 Å². The third kappa shape index (κ3) is 4.46. The molecule has 2 aliphatic carbocycles. The Hall–Kier alpha value is -0.129. The summed E-state index contributed by atoms with van der Waals surface area (Å²) in [5.74, 6) is -3.88. The minimum Gasteiger partial charge on any atom is -0.745 e. The van der Waals surface area contributed by atoms with Gasteiger partial charge in [0.25, 0.3) is 0 Å². The smallest absolute Gasteiger partial charge is 0.745 e. The van der Waals surface area contributed by atoms with Crippen LogP contribution in [0.15, 0.2) is 47.0 Å². The van der Waals surface area contributed by atoms with Crippen molar-refractivity contribution >= 4 is 69.1 Å². The van der Waals surface area contributed by atoms with Crippen molar-refractivity contribution in [1.82, 2.24) is 0 Å². The van der Waals surface area contributed by atoms with Gasteiger partial charge in [-0.25, -0.2) is 16.8 Å². The first-order chi connectivity index (χ1) is 12.0. The Balaban J connectivity index is 0.00000392. The number of hydrogen-bond donors (Lipinski definition) is 4. The summed E-state index contributed by atoms with van der Waals surface area (Å²) >= 11 is 0. The van der Waals surface area contributed by atoms with Crippen molar-refractivity contribution in [3.05, 3.63) is 47.0 Å². The molecule has 4 atom stereocenters. The van der Waals surface area contributed by atoms with E-state index in [1.54, 1.807) is 0 Å². The van der Waals surface area contributed by atoms with Gasteiger partial charge < -0.3 is 29.5 Å². The Morgan fingerprint density at radius 2 is 1.14 bits per heavy atom. The van der Waals surface area contributed by atoms with Gasteiger partial charge in [0.2, 0.25) is 0 Å². The molecule has 152 valence electrons. The molecule has 0 heterocycles. The van der Waals surface area contributed by atoms with E-state index in [4.69, 9.17) is 0 Å². The standard InChI is InChI=1S/C15H20O10S2.Ba/c1-8-3-10(12(16)6-14(8,18)26(20,21)22)5-11-4-9(2)15(19,7-13(11)17)27(23,24)25;/h3-4,6-9,16-19H,5H2,1-2H3,(H,20,21,22)(H,23,24,25);/q;+2/p-2. The molecule has 0 fully saturated rings. The Morgan fingerprint density at radius 1 is 0.857 bits per heavy atom. The summed E-state index contributed by atoms with van der Waals surface area (Å²) < 4.78 is 67.5. The van der Waals surface area contributed by atoms with Crippen molar-refractivity contribution < 1.29 is 46.4 Å².